The summed E-state index contributed by atoms with van der Waals surface area (Å²) in [6, 6.07) is -4.05. The van der Waals surface area contributed by atoms with Crippen molar-refractivity contribution in [1.82, 2.24) is 10.0 Å². The van der Waals surface area contributed by atoms with Crippen molar-refractivity contribution in [2.24, 2.45) is 0 Å². The van der Waals surface area contributed by atoms with Crippen molar-refractivity contribution in [3.8, 4) is 0 Å². The van der Waals surface area contributed by atoms with Crippen LogP contribution in [-0.2, 0) is 72.4 Å². The van der Waals surface area contributed by atoms with Crippen LogP contribution in [0, 0.1) is 0 Å². The summed E-state index contributed by atoms with van der Waals surface area (Å²) in [7, 11) is -10.9. The Bertz CT molecular complexity index is 1600. The zero-order valence-corrected chi connectivity index (χ0v) is 31.1. The van der Waals surface area contributed by atoms with Gasteiger partial charge in [-0.25, -0.2) is 13.8 Å². The molecule has 3 aliphatic rings. The third-order valence-electron chi connectivity index (χ3n) is 8.51. The summed E-state index contributed by atoms with van der Waals surface area (Å²) in [5.41, 5.74) is 0. The van der Waals surface area contributed by atoms with Crippen molar-refractivity contribution in [3.63, 3.8) is 0 Å². The first-order valence-electron chi connectivity index (χ1n) is 16.4. The smallest absolute Gasteiger partial charge is 0.397 e. The number of aliphatic carboxylic acids is 2. The van der Waals surface area contributed by atoms with Crippen LogP contribution in [-0.4, -0.2) is 237 Å². The number of hydrogen-bond donors (Lipinski definition) is 15. The van der Waals surface area contributed by atoms with Crippen LogP contribution in [0.4, 0.5) is 0 Å². The zero-order valence-electron chi connectivity index (χ0n) is 29.5. The van der Waals surface area contributed by atoms with Gasteiger partial charge < -0.3 is 94.6 Å². The van der Waals surface area contributed by atoms with Crippen molar-refractivity contribution in [2.45, 2.75) is 117 Å². The molecule has 0 aliphatic carbocycles. The number of ether oxygens (including phenoxy) is 7. The van der Waals surface area contributed by atoms with E-state index in [-0.39, 0.29) is 0 Å². The summed E-state index contributed by atoms with van der Waals surface area (Å²) < 4.78 is 108. The molecular formula is C26H44N2O28S2. The van der Waals surface area contributed by atoms with Crippen molar-refractivity contribution >= 4 is 38.5 Å². The maximum absolute atomic E-state index is 12.4. The van der Waals surface area contributed by atoms with E-state index in [2.05, 4.69) is 9.50 Å². The highest BCUT2D eigenvalue weighted by Gasteiger charge is 2.54. The lowest BCUT2D eigenvalue weighted by molar-refractivity contribution is -0.350. The molecule has 0 aromatic carbocycles. The molecular weight excluding hydrogens is 852 g/mol. The van der Waals surface area contributed by atoms with E-state index in [0.717, 1.165) is 6.92 Å². The zero-order chi connectivity index (χ0) is 44.0. The average Bonchev–Trinajstić information content (AvgIpc) is 3.12. The molecule has 0 saturated carbocycles. The summed E-state index contributed by atoms with van der Waals surface area (Å²) >= 11 is 0. The Morgan fingerprint density at radius 1 is 0.741 bits per heavy atom. The Morgan fingerprint density at radius 2 is 1.36 bits per heavy atom. The molecule has 3 saturated heterocycles. The van der Waals surface area contributed by atoms with Crippen LogP contribution in [0.5, 0.6) is 0 Å². The second-order valence-corrected chi connectivity index (χ2v) is 14.9. The molecule has 3 aliphatic heterocycles. The van der Waals surface area contributed by atoms with Gasteiger partial charge in [-0.2, -0.15) is 21.6 Å². The number of amides is 1. The molecule has 0 bridgehead atoms. The average molecular weight is 897 g/mol. The van der Waals surface area contributed by atoms with Gasteiger partial charge in [-0.15, -0.1) is 0 Å². The molecule has 1 amide bonds. The van der Waals surface area contributed by atoms with Crippen molar-refractivity contribution in [3.05, 3.63) is 0 Å². The molecule has 3 rings (SSSR count). The van der Waals surface area contributed by atoms with Crippen LogP contribution in [0.3, 0.4) is 0 Å². The molecule has 15 N–H and O–H groups in total. The molecule has 0 aromatic rings. The summed E-state index contributed by atoms with van der Waals surface area (Å²) in [6.07, 6.45) is -35.6. The fraction of sp³-hybridized carbons (Fsp3) is 0.885. The Morgan fingerprint density at radius 3 is 1.86 bits per heavy atom. The number of aliphatic hydroxyl groups is 9. The molecule has 1 unspecified atom stereocenters. The second-order valence-electron chi connectivity index (χ2n) is 12.6. The van der Waals surface area contributed by atoms with Crippen LogP contribution < -0.4 is 10.0 Å². The van der Waals surface area contributed by atoms with E-state index in [1.165, 1.54) is 4.72 Å². The Kier molecular flexibility index (Phi) is 17.9. The van der Waals surface area contributed by atoms with Gasteiger partial charge >= 0.3 is 32.6 Å². The number of hydrogen-bond acceptors (Lipinski definition) is 24. The van der Waals surface area contributed by atoms with Crippen LogP contribution in [0.1, 0.15) is 6.92 Å². The van der Waals surface area contributed by atoms with E-state index in [1.54, 1.807) is 0 Å². The van der Waals surface area contributed by atoms with Crippen LogP contribution >= 0.6 is 0 Å². The number of carbonyl (C=O) groups excluding carboxylic acids is 1. The Labute approximate surface area is 326 Å². The summed E-state index contributed by atoms with van der Waals surface area (Å²) in [5, 5.41) is 114. The number of carboxylic acid groups (broad SMARTS) is 2. The van der Waals surface area contributed by atoms with E-state index >= 15 is 0 Å². The van der Waals surface area contributed by atoms with Crippen molar-refractivity contribution in [2.75, 3.05) is 26.4 Å². The maximum Gasteiger partial charge on any atom is 0.397 e. The Balaban J connectivity index is 1.96. The van der Waals surface area contributed by atoms with Gasteiger partial charge in [0.2, 0.25) is 5.91 Å². The second kappa shape index (κ2) is 20.9. The molecule has 0 radical (unpaired) electrons. The van der Waals surface area contributed by atoms with E-state index in [4.69, 9.17) is 33.2 Å². The van der Waals surface area contributed by atoms with Gasteiger partial charge in [0.05, 0.1) is 26.4 Å². The lowest BCUT2D eigenvalue weighted by Gasteiger charge is -2.47. The number of carboxylic acids is 2. The summed E-state index contributed by atoms with van der Waals surface area (Å²) in [4.78, 5) is 35.6. The lowest BCUT2D eigenvalue weighted by Crippen LogP contribution is -2.68. The molecule has 32 heteroatoms. The minimum atomic E-state index is -5.48. The molecule has 338 valence electrons. The fourth-order valence-corrected chi connectivity index (χ4v) is 6.79. The largest absolute Gasteiger partial charge is 0.479 e. The van der Waals surface area contributed by atoms with E-state index < -0.39 is 175 Å². The summed E-state index contributed by atoms with van der Waals surface area (Å²) in [6.45, 7) is -4.13. The highest BCUT2D eigenvalue weighted by Crippen LogP contribution is 2.32. The topological polar surface area (TPSA) is 480 Å². The van der Waals surface area contributed by atoms with E-state index in [0.29, 0.717) is 0 Å². The standard InChI is InChI=1S/C26H44N2O28S2/c1-6(32)27-11-13(33)18(7(2-29)50-24(11)42)53-10(4-31)54-20(22(38)39)8(3-30)51-25-12(28-57(43,44)45)14(34)19(9(52-25)5-49-58(46,47)48)55-26-17(37)15(35)16(36)21(56-26)23(40)41/h7-21,24-26,28-31,33-37,42H,2-5H2,1H3,(H,27,32)(H,38,39)(H,40,41)(H,43,44,45)(H,46,47,48)/t7-,8+,9-,10-,11-,12-,13-,14-,15+,16+,17-,18-,19-,20?,21-,24+,25+,26-/m1/s1. The number of rotatable bonds is 20. The molecule has 18 atom stereocenters. The third-order valence-corrected chi connectivity index (χ3v) is 9.52. The highest BCUT2D eigenvalue weighted by molar-refractivity contribution is 7.83. The molecule has 0 aromatic heterocycles. The van der Waals surface area contributed by atoms with Crippen LogP contribution in [0.25, 0.3) is 0 Å². The highest BCUT2D eigenvalue weighted by atomic mass is 32.3. The number of nitrogens with one attached hydrogen (secondary N) is 2. The molecule has 0 spiro atoms. The van der Waals surface area contributed by atoms with E-state index in [9.17, 15) is 96.5 Å². The fourth-order valence-electron chi connectivity index (χ4n) is 5.89. The first-order chi connectivity index (χ1) is 26.8. The predicted molar refractivity (Wildman–Crippen MR) is 172 cm³/mol. The quantitative estimate of drug-likeness (QED) is 0.0398. The van der Waals surface area contributed by atoms with E-state index in [1.807, 2.05) is 0 Å². The van der Waals surface area contributed by atoms with Gasteiger partial charge in [0.15, 0.2) is 37.4 Å². The van der Waals surface area contributed by atoms with Gasteiger partial charge in [-0.05, 0) is 0 Å². The summed E-state index contributed by atoms with van der Waals surface area (Å²) in [5.74, 6) is -4.74. The number of carbonyl (C=O) groups is 3. The van der Waals surface area contributed by atoms with Gasteiger partial charge in [0, 0.05) is 6.92 Å². The van der Waals surface area contributed by atoms with Crippen LogP contribution in [0.15, 0.2) is 0 Å². The minimum absolute atomic E-state index is 0.774. The molecule has 30 nitrogen and oxygen atoms in total. The van der Waals surface area contributed by atoms with Crippen molar-refractivity contribution < 1.29 is 134 Å². The van der Waals surface area contributed by atoms with Gasteiger partial charge in [-0.1, -0.05) is 0 Å². The third kappa shape index (κ3) is 13.0. The first-order valence-corrected chi connectivity index (χ1v) is 19.2. The minimum Gasteiger partial charge on any atom is -0.479 e. The van der Waals surface area contributed by atoms with Gasteiger partial charge in [0.1, 0.15) is 73.1 Å². The lowest BCUT2D eigenvalue weighted by atomic mass is 9.96. The first kappa shape index (κ1) is 49.9. The molecule has 58 heavy (non-hydrogen) atoms. The predicted octanol–water partition coefficient (Wildman–Crippen LogP) is -9.94. The molecule has 3 fully saturated rings. The van der Waals surface area contributed by atoms with Crippen molar-refractivity contribution in [1.29, 1.82) is 0 Å². The molecule has 3 heterocycles. The van der Waals surface area contributed by atoms with Crippen LogP contribution in [0.2, 0.25) is 0 Å². The Hall–Kier alpha value is -2.49. The number of aliphatic hydroxyl groups excluding tert-OH is 9. The maximum atomic E-state index is 12.4. The monoisotopic (exact) mass is 896 g/mol. The van der Waals surface area contributed by atoms with Gasteiger partial charge in [-0.3, -0.25) is 13.9 Å². The SMILES string of the molecule is CC(=O)N[C@@H]1[C@@H](O)[C@H](O[C@@H](CO)OC(C(=O)O)[C@H](CO)O[C@H]2O[C@H](COS(=O)(=O)O)[C@@H](O[C@@H]3O[C@@H](C(=O)O)[C@@H](O)[C@H](O)[C@H]3O)[C@H](O)[C@H]2NS(=O)(=O)O)[C@@H](CO)O[C@@H]1O. The van der Waals surface area contributed by atoms with Gasteiger partial charge in [0.25, 0.3) is 0 Å². The normalized spacial score (nSPS) is 37.7.